The molecule has 0 unspecified atom stereocenters. The molecule has 1 aromatic heterocycles. The van der Waals surface area contributed by atoms with E-state index in [0.29, 0.717) is 6.54 Å². The monoisotopic (exact) mass is 379 g/mol. The first-order valence-corrected chi connectivity index (χ1v) is 8.63. The molecule has 0 aliphatic carbocycles. The van der Waals surface area contributed by atoms with Gasteiger partial charge in [0.1, 0.15) is 5.01 Å². The van der Waals surface area contributed by atoms with Crippen molar-refractivity contribution in [3.8, 4) is 0 Å². The minimum Gasteiger partial charge on any atom is -0.325 e. The maximum atomic E-state index is 12.7. The van der Waals surface area contributed by atoms with Crippen molar-refractivity contribution in [2.75, 3.05) is 18.9 Å². The van der Waals surface area contributed by atoms with Crippen LogP contribution in [-0.4, -0.2) is 29.4 Å². The summed E-state index contributed by atoms with van der Waals surface area (Å²) >= 11 is 1.55. The Bertz CT molecular complexity index is 890. The molecule has 3 rings (SSSR count). The van der Waals surface area contributed by atoms with E-state index < -0.39 is 11.7 Å². The highest BCUT2D eigenvalue weighted by Gasteiger charge is 2.30. The van der Waals surface area contributed by atoms with Crippen LogP contribution >= 0.6 is 11.3 Å². The fourth-order valence-electron chi connectivity index (χ4n) is 2.49. The minimum atomic E-state index is -4.44. The van der Waals surface area contributed by atoms with Gasteiger partial charge in [-0.05, 0) is 37.4 Å². The number of halogens is 3. The lowest BCUT2D eigenvalue weighted by Crippen LogP contribution is -2.29. The second-order valence-electron chi connectivity index (χ2n) is 5.87. The maximum absolute atomic E-state index is 12.7. The van der Waals surface area contributed by atoms with Crippen LogP contribution in [0.4, 0.5) is 18.9 Å². The van der Waals surface area contributed by atoms with E-state index in [1.54, 1.807) is 23.3 Å². The number of thiazole rings is 1. The van der Waals surface area contributed by atoms with Gasteiger partial charge in [0, 0.05) is 5.69 Å². The standard InChI is InChI=1S/C18H16F3N3OS/c1-24(11-17-23-14-7-2-3-8-15(14)26-17)10-16(25)22-13-6-4-5-12(9-13)18(19,20)21/h2-9H,10-11H2,1H3,(H,22,25). The number of carbonyl (C=O) groups is 1. The molecule has 4 nitrogen and oxygen atoms in total. The summed E-state index contributed by atoms with van der Waals surface area (Å²) in [5.41, 5.74) is 0.241. The van der Waals surface area contributed by atoms with E-state index >= 15 is 0 Å². The Kier molecular flexibility index (Phi) is 5.24. The summed E-state index contributed by atoms with van der Waals surface area (Å²) in [6.07, 6.45) is -4.44. The lowest BCUT2D eigenvalue weighted by Gasteiger charge is -2.15. The van der Waals surface area contributed by atoms with Crippen LogP contribution in [0.25, 0.3) is 10.2 Å². The van der Waals surface area contributed by atoms with E-state index in [1.165, 1.54) is 12.1 Å². The first kappa shape index (κ1) is 18.3. The maximum Gasteiger partial charge on any atom is 0.416 e. The number of nitrogens with zero attached hydrogens (tertiary/aromatic N) is 2. The summed E-state index contributed by atoms with van der Waals surface area (Å²) in [6.45, 7) is 0.529. The molecule has 1 N–H and O–H groups in total. The fourth-order valence-corrected chi connectivity index (χ4v) is 3.54. The molecule has 1 heterocycles. The summed E-state index contributed by atoms with van der Waals surface area (Å²) in [7, 11) is 1.76. The summed E-state index contributed by atoms with van der Waals surface area (Å²) in [5.74, 6) is -0.382. The highest BCUT2D eigenvalue weighted by atomic mass is 32.1. The third-order valence-corrected chi connectivity index (χ3v) is 4.65. The molecule has 0 saturated carbocycles. The Morgan fingerprint density at radius 1 is 1.19 bits per heavy atom. The molecule has 0 bridgehead atoms. The highest BCUT2D eigenvalue weighted by molar-refractivity contribution is 7.18. The fraction of sp³-hybridized carbons (Fsp3) is 0.222. The first-order valence-electron chi connectivity index (χ1n) is 7.81. The van der Waals surface area contributed by atoms with Gasteiger partial charge in [-0.3, -0.25) is 9.69 Å². The van der Waals surface area contributed by atoms with Crippen molar-refractivity contribution in [2.45, 2.75) is 12.7 Å². The summed E-state index contributed by atoms with van der Waals surface area (Å²) in [5, 5.41) is 3.38. The zero-order chi connectivity index (χ0) is 18.7. The number of fused-ring (bicyclic) bond motifs is 1. The van der Waals surface area contributed by atoms with Crippen LogP contribution in [-0.2, 0) is 17.5 Å². The van der Waals surface area contributed by atoms with E-state index in [4.69, 9.17) is 0 Å². The third kappa shape index (κ3) is 4.59. The van der Waals surface area contributed by atoms with Crippen molar-refractivity contribution in [3.63, 3.8) is 0 Å². The van der Waals surface area contributed by atoms with Crippen LogP contribution in [0.2, 0.25) is 0 Å². The predicted octanol–water partition coefficient (Wildman–Crippen LogP) is 4.39. The van der Waals surface area contributed by atoms with Crippen LogP contribution in [0.15, 0.2) is 48.5 Å². The Balaban J connectivity index is 1.59. The molecule has 0 aliphatic rings. The molecule has 3 aromatic rings. The van der Waals surface area contributed by atoms with E-state index in [-0.39, 0.29) is 18.1 Å². The van der Waals surface area contributed by atoms with Gasteiger partial charge < -0.3 is 5.32 Å². The largest absolute Gasteiger partial charge is 0.416 e. The van der Waals surface area contributed by atoms with Crippen molar-refractivity contribution in [1.29, 1.82) is 0 Å². The topological polar surface area (TPSA) is 45.2 Å². The van der Waals surface area contributed by atoms with Gasteiger partial charge in [-0.15, -0.1) is 11.3 Å². The van der Waals surface area contributed by atoms with Crippen molar-refractivity contribution in [1.82, 2.24) is 9.88 Å². The summed E-state index contributed by atoms with van der Waals surface area (Å²) in [4.78, 5) is 18.4. The number of hydrogen-bond donors (Lipinski definition) is 1. The van der Waals surface area contributed by atoms with Crippen molar-refractivity contribution < 1.29 is 18.0 Å². The third-order valence-electron chi connectivity index (χ3n) is 3.63. The van der Waals surface area contributed by atoms with Gasteiger partial charge in [0.15, 0.2) is 0 Å². The second-order valence-corrected chi connectivity index (χ2v) is 6.99. The number of para-hydroxylation sites is 1. The number of benzene rings is 2. The number of aromatic nitrogens is 1. The Morgan fingerprint density at radius 3 is 2.69 bits per heavy atom. The van der Waals surface area contributed by atoms with Gasteiger partial charge in [-0.25, -0.2) is 4.98 Å². The number of carbonyl (C=O) groups excluding carboxylic acids is 1. The van der Waals surface area contributed by atoms with E-state index in [0.717, 1.165) is 27.4 Å². The van der Waals surface area contributed by atoms with Crippen LogP contribution in [0.3, 0.4) is 0 Å². The van der Waals surface area contributed by atoms with Gasteiger partial charge in [0.2, 0.25) is 5.91 Å². The zero-order valence-corrected chi connectivity index (χ0v) is 14.7. The average Bonchev–Trinajstić information content (AvgIpc) is 2.96. The molecule has 26 heavy (non-hydrogen) atoms. The average molecular weight is 379 g/mol. The molecule has 0 fully saturated rings. The van der Waals surface area contributed by atoms with E-state index in [9.17, 15) is 18.0 Å². The van der Waals surface area contributed by atoms with Gasteiger partial charge in [0.05, 0.1) is 28.9 Å². The van der Waals surface area contributed by atoms with Gasteiger partial charge in [-0.2, -0.15) is 13.2 Å². The number of anilines is 1. The van der Waals surface area contributed by atoms with Crippen LogP contribution in [0, 0.1) is 0 Å². The van der Waals surface area contributed by atoms with Crippen molar-refractivity contribution >= 4 is 33.1 Å². The van der Waals surface area contributed by atoms with Crippen molar-refractivity contribution in [3.05, 3.63) is 59.1 Å². The second kappa shape index (κ2) is 7.43. The molecular formula is C18H16F3N3OS. The highest BCUT2D eigenvalue weighted by Crippen LogP contribution is 2.30. The smallest absolute Gasteiger partial charge is 0.325 e. The summed E-state index contributed by atoms with van der Waals surface area (Å²) < 4.78 is 39.2. The molecule has 2 aromatic carbocycles. The molecular weight excluding hydrogens is 363 g/mol. The van der Waals surface area contributed by atoms with Gasteiger partial charge >= 0.3 is 6.18 Å². The lowest BCUT2D eigenvalue weighted by atomic mass is 10.2. The van der Waals surface area contributed by atoms with Crippen LogP contribution in [0.1, 0.15) is 10.6 Å². The molecule has 0 aliphatic heterocycles. The molecule has 0 saturated heterocycles. The number of rotatable bonds is 5. The number of nitrogens with one attached hydrogen (secondary N) is 1. The Hall–Kier alpha value is -2.45. The molecule has 1 amide bonds. The van der Waals surface area contributed by atoms with Crippen LogP contribution in [0.5, 0.6) is 0 Å². The molecule has 8 heteroatoms. The number of hydrogen-bond acceptors (Lipinski definition) is 4. The molecule has 0 atom stereocenters. The van der Waals surface area contributed by atoms with Gasteiger partial charge in [0.25, 0.3) is 0 Å². The van der Waals surface area contributed by atoms with E-state index in [1.807, 2.05) is 24.3 Å². The lowest BCUT2D eigenvalue weighted by molar-refractivity contribution is -0.137. The van der Waals surface area contributed by atoms with Crippen LogP contribution < -0.4 is 5.32 Å². The first-order chi connectivity index (χ1) is 12.3. The Morgan fingerprint density at radius 2 is 1.96 bits per heavy atom. The number of amides is 1. The quantitative estimate of drug-likeness (QED) is 0.715. The normalized spacial score (nSPS) is 11.9. The predicted molar refractivity (Wildman–Crippen MR) is 96.0 cm³/mol. The molecule has 0 spiro atoms. The minimum absolute atomic E-state index is 0.0478. The number of alkyl halides is 3. The molecule has 0 radical (unpaired) electrons. The van der Waals surface area contributed by atoms with Gasteiger partial charge in [-0.1, -0.05) is 18.2 Å². The number of likely N-dealkylation sites (N-methyl/N-ethyl adjacent to an activating group) is 1. The Labute approximate surface area is 152 Å². The van der Waals surface area contributed by atoms with E-state index in [2.05, 4.69) is 10.3 Å². The SMILES string of the molecule is CN(CC(=O)Nc1cccc(C(F)(F)F)c1)Cc1nc2ccccc2s1. The molecule has 136 valence electrons. The summed E-state index contributed by atoms with van der Waals surface area (Å²) in [6, 6.07) is 12.4. The van der Waals surface area contributed by atoms with Crippen molar-refractivity contribution in [2.24, 2.45) is 0 Å². The zero-order valence-electron chi connectivity index (χ0n) is 13.9.